The number of aromatic amines is 1. The molecule has 3 heterocycles. The minimum atomic E-state index is -0.548. The number of benzene rings is 1. The number of rotatable bonds is 5. The van der Waals surface area contributed by atoms with E-state index in [0.29, 0.717) is 26.8 Å². The van der Waals surface area contributed by atoms with Gasteiger partial charge in [-0.15, -0.1) is 11.3 Å². The highest BCUT2D eigenvalue weighted by Crippen LogP contribution is 2.41. The number of carbonyl (C=O) groups is 1. The van der Waals surface area contributed by atoms with Gasteiger partial charge in [0.2, 0.25) is 5.91 Å². The van der Waals surface area contributed by atoms with Gasteiger partial charge in [-0.1, -0.05) is 42.1 Å². The third-order valence-electron chi connectivity index (χ3n) is 5.28. The predicted molar refractivity (Wildman–Crippen MR) is 121 cm³/mol. The van der Waals surface area contributed by atoms with Crippen LogP contribution in [-0.4, -0.2) is 25.8 Å². The number of carbonyl (C=O) groups excluding carboxylic acids is 1. The molecule has 0 spiro atoms. The molecule has 1 aliphatic carbocycles. The normalized spacial score (nSPS) is 14.0. The summed E-state index contributed by atoms with van der Waals surface area (Å²) in [4.78, 5) is 30.4. The first-order valence-corrected chi connectivity index (χ1v) is 11.7. The van der Waals surface area contributed by atoms with Crippen molar-refractivity contribution < 1.29 is 4.79 Å². The van der Waals surface area contributed by atoms with E-state index in [2.05, 4.69) is 31.3 Å². The molecule has 2 N–H and O–H groups in total. The lowest BCUT2D eigenvalue weighted by molar-refractivity contribution is -0.115. The van der Waals surface area contributed by atoms with E-state index < -0.39 is 5.25 Å². The number of imidazole rings is 1. The Balaban J connectivity index is 1.49. The number of nitrogens with one attached hydrogen (secondary N) is 2. The molecule has 0 saturated carbocycles. The predicted octanol–water partition coefficient (Wildman–Crippen LogP) is 4.64. The van der Waals surface area contributed by atoms with Gasteiger partial charge in [0, 0.05) is 4.88 Å². The highest BCUT2D eigenvalue weighted by molar-refractivity contribution is 8.00. The molecular weight excluding hydrogens is 428 g/mol. The fourth-order valence-electron chi connectivity index (χ4n) is 3.79. The summed E-state index contributed by atoms with van der Waals surface area (Å²) in [6.45, 7) is 0. The Kier molecular flexibility index (Phi) is 5.40. The van der Waals surface area contributed by atoms with E-state index in [-0.39, 0.29) is 5.91 Å². The molecule has 3 aromatic heterocycles. The second-order valence-corrected chi connectivity index (χ2v) is 9.40. The van der Waals surface area contributed by atoms with Crippen molar-refractivity contribution in [2.75, 3.05) is 5.32 Å². The Labute approximate surface area is 187 Å². The zero-order chi connectivity index (χ0) is 21.2. The number of fused-ring (bicyclic) bond motifs is 2. The van der Waals surface area contributed by atoms with Gasteiger partial charge in [0.05, 0.1) is 11.9 Å². The number of amides is 1. The molecule has 0 saturated heterocycles. The summed E-state index contributed by atoms with van der Waals surface area (Å²) in [5.74, 6) is -0.183. The van der Waals surface area contributed by atoms with Gasteiger partial charge in [-0.3, -0.25) is 4.79 Å². The van der Waals surface area contributed by atoms with Gasteiger partial charge >= 0.3 is 0 Å². The first-order valence-electron chi connectivity index (χ1n) is 9.96. The Hall–Kier alpha value is -3.22. The molecule has 1 amide bonds. The van der Waals surface area contributed by atoms with Crippen LogP contribution in [0.1, 0.15) is 39.7 Å². The van der Waals surface area contributed by atoms with Gasteiger partial charge in [0.1, 0.15) is 33.2 Å². The topological polar surface area (TPSA) is 107 Å². The van der Waals surface area contributed by atoms with E-state index in [1.54, 1.807) is 6.33 Å². The standard InChI is InChI=1S/C22H18N6OS2/c23-10-15-14-8-4-5-9-16(14)30-21(15)28-20(29)18(13-6-2-1-3-7-13)31-22-17-19(25-11-24-17)26-12-27-22/h1-3,6-7,11-12,18H,4-5,8-9H2,(H,28,29)(H,24,25,26,27)/t18-/m1/s1. The van der Waals surface area contributed by atoms with E-state index in [0.717, 1.165) is 36.8 Å². The number of anilines is 1. The molecule has 1 aliphatic rings. The highest BCUT2D eigenvalue weighted by atomic mass is 32.2. The smallest absolute Gasteiger partial charge is 0.243 e. The van der Waals surface area contributed by atoms with Gasteiger partial charge < -0.3 is 10.3 Å². The quantitative estimate of drug-likeness (QED) is 0.342. The van der Waals surface area contributed by atoms with Gasteiger partial charge in [0.15, 0.2) is 5.65 Å². The van der Waals surface area contributed by atoms with Crippen molar-refractivity contribution in [3.05, 3.63) is 64.6 Å². The molecule has 1 atom stereocenters. The molecule has 5 rings (SSSR count). The third kappa shape index (κ3) is 3.80. The number of H-pyrrole nitrogens is 1. The van der Waals surface area contributed by atoms with E-state index in [9.17, 15) is 10.1 Å². The van der Waals surface area contributed by atoms with Crippen molar-refractivity contribution in [2.24, 2.45) is 0 Å². The number of hydrogen-bond donors (Lipinski definition) is 2. The number of hydrogen-bond acceptors (Lipinski definition) is 7. The molecule has 9 heteroatoms. The van der Waals surface area contributed by atoms with Crippen molar-refractivity contribution in [3.63, 3.8) is 0 Å². The minimum absolute atomic E-state index is 0.183. The largest absolute Gasteiger partial charge is 0.341 e. The van der Waals surface area contributed by atoms with E-state index in [1.807, 2.05) is 30.3 Å². The fraction of sp³-hybridized carbons (Fsp3) is 0.227. The first kappa shape index (κ1) is 19.7. The SMILES string of the molecule is N#Cc1c(NC(=O)[C@H](Sc2ncnc3nc[nH]c23)c2ccccc2)sc2c1CCCC2. The summed E-state index contributed by atoms with van der Waals surface area (Å²) < 4.78 is 0. The number of aromatic nitrogens is 4. The summed E-state index contributed by atoms with van der Waals surface area (Å²) in [7, 11) is 0. The fourth-order valence-corrected chi connectivity index (χ4v) is 6.10. The average molecular weight is 447 g/mol. The van der Waals surface area contributed by atoms with Crippen LogP contribution in [0.5, 0.6) is 0 Å². The minimum Gasteiger partial charge on any atom is -0.341 e. The molecule has 31 heavy (non-hydrogen) atoms. The lowest BCUT2D eigenvalue weighted by Crippen LogP contribution is -2.19. The lowest BCUT2D eigenvalue weighted by atomic mass is 9.96. The number of thioether (sulfide) groups is 1. The van der Waals surface area contributed by atoms with Crippen molar-refractivity contribution in [1.82, 2.24) is 19.9 Å². The van der Waals surface area contributed by atoms with Crippen LogP contribution in [-0.2, 0) is 17.6 Å². The van der Waals surface area contributed by atoms with Gasteiger partial charge in [-0.25, -0.2) is 15.0 Å². The monoisotopic (exact) mass is 446 g/mol. The number of nitrogens with zero attached hydrogens (tertiary/aromatic N) is 4. The van der Waals surface area contributed by atoms with Crippen molar-refractivity contribution >= 4 is 45.2 Å². The molecule has 0 unspecified atom stereocenters. The Bertz CT molecular complexity index is 1290. The first-order chi connectivity index (χ1) is 15.2. The van der Waals surface area contributed by atoms with E-state index in [4.69, 9.17) is 0 Å². The maximum Gasteiger partial charge on any atom is 0.243 e. The van der Waals surface area contributed by atoms with Crippen LogP contribution in [0.4, 0.5) is 5.00 Å². The zero-order valence-electron chi connectivity index (χ0n) is 16.5. The molecule has 0 radical (unpaired) electrons. The van der Waals surface area contributed by atoms with Crippen LogP contribution >= 0.6 is 23.1 Å². The van der Waals surface area contributed by atoms with Crippen LogP contribution in [0, 0.1) is 11.3 Å². The maximum atomic E-state index is 13.5. The van der Waals surface area contributed by atoms with E-state index in [1.165, 1.54) is 34.3 Å². The summed E-state index contributed by atoms with van der Waals surface area (Å²) in [5, 5.41) is 13.5. The third-order valence-corrected chi connectivity index (χ3v) is 7.74. The molecule has 0 fully saturated rings. The Morgan fingerprint density at radius 2 is 2.03 bits per heavy atom. The number of aryl methyl sites for hydroxylation is 1. The molecule has 0 aliphatic heterocycles. The summed E-state index contributed by atoms with van der Waals surface area (Å²) >= 11 is 2.87. The zero-order valence-corrected chi connectivity index (χ0v) is 18.1. The van der Waals surface area contributed by atoms with Crippen molar-refractivity contribution in [2.45, 2.75) is 36.0 Å². The molecule has 7 nitrogen and oxygen atoms in total. The average Bonchev–Trinajstić information content (AvgIpc) is 3.42. The van der Waals surface area contributed by atoms with Crippen LogP contribution in [0.15, 0.2) is 48.0 Å². The highest BCUT2D eigenvalue weighted by Gasteiger charge is 2.27. The summed E-state index contributed by atoms with van der Waals surface area (Å²) in [5.41, 5.74) is 3.83. The van der Waals surface area contributed by atoms with Gasteiger partial charge in [-0.05, 0) is 36.8 Å². The lowest BCUT2D eigenvalue weighted by Gasteiger charge is -2.16. The molecular formula is C22H18N6OS2. The summed E-state index contributed by atoms with van der Waals surface area (Å²) in [6, 6.07) is 11.9. The second-order valence-electron chi connectivity index (χ2n) is 7.20. The van der Waals surface area contributed by atoms with Crippen molar-refractivity contribution in [1.29, 1.82) is 5.26 Å². The van der Waals surface area contributed by atoms with Crippen molar-refractivity contribution in [3.8, 4) is 6.07 Å². The second kappa shape index (κ2) is 8.49. The Morgan fingerprint density at radius 3 is 2.87 bits per heavy atom. The van der Waals surface area contributed by atoms with Crippen LogP contribution in [0.3, 0.4) is 0 Å². The molecule has 0 bridgehead atoms. The van der Waals surface area contributed by atoms with Crippen LogP contribution in [0.2, 0.25) is 0 Å². The maximum absolute atomic E-state index is 13.5. The van der Waals surface area contributed by atoms with Gasteiger partial charge in [-0.2, -0.15) is 5.26 Å². The van der Waals surface area contributed by atoms with E-state index >= 15 is 0 Å². The number of thiophene rings is 1. The molecule has 1 aromatic carbocycles. The molecule has 154 valence electrons. The van der Waals surface area contributed by atoms with Crippen LogP contribution < -0.4 is 5.32 Å². The van der Waals surface area contributed by atoms with Gasteiger partial charge in [0.25, 0.3) is 0 Å². The number of nitriles is 1. The summed E-state index contributed by atoms with van der Waals surface area (Å²) in [6.07, 6.45) is 7.10. The Morgan fingerprint density at radius 1 is 1.19 bits per heavy atom. The van der Waals surface area contributed by atoms with Crippen LogP contribution in [0.25, 0.3) is 11.2 Å². The molecule has 4 aromatic rings.